The summed E-state index contributed by atoms with van der Waals surface area (Å²) in [6.07, 6.45) is 8.63. The summed E-state index contributed by atoms with van der Waals surface area (Å²) >= 11 is 0. The van der Waals surface area contributed by atoms with Gasteiger partial charge in [-0.2, -0.15) is 5.10 Å². The Morgan fingerprint density at radius 2 is 2.08 bits per heavy atom. The van der Waals surface area contributed by atoms with E-state index in [2.05, 4.69) is 25.5 Å². The molecule has 0 aromatic carbocycles. The van der Waals surface area contributed by atoms with Gasteiger partial charge in [0.2, 0.25) is 5.95 Å². The van der Waals surface area contributed by atoms with E-state index in [-0.39, 0.29) is 11.5 Å². The molecule has 2 aromatic rings. The van der Waals surface area contributed by atoms with E-state index in [1.54, 1.807) is 24.7 Å². The van der Waals surface area contributed by atoms with E-state index < -0.39 is 0 Å². The van der Waals surface area contributed by atoms with Gasteiger partial charge in [0.25, 0.3) is 5.91 Å². The Bertz CT molecular complexity index is 697. The second-order valence-electron chi connectivity index (χ2n) is 6.70. The first-order valence-corrected chi connectivity index (χ1v) is 8.70. The maximum Gasteiger partial charge on any atom is 0.271 e. The molecule has 0 saturated carbocycles. The van der Waals surface area contributed by atoms with Gasteiger partial charge in [-0.15, -0.1) is 0 Å². The maximum absolute atomic E-state index is 12.4. The number of H-pyrrole nitrogens is 1. The lowest BCUT2D eigenvalue weighted by Gasteiger charge is -2.46. The van der Waals surface area contributed by atoms with Crippen LogP contribution >= 0.6 is 0 Å². The molecule has 1 atom stereocenters. The third-order valence-electron chi connectivity index (χ3n) is 5.08. The Morgan fingerprint density at radius 3 is 2.80 bits per heavy atom. The minimum atomic E-state index is -0.157. The second kappa shape index (κ2) is 6.79. The van der Waals surface area contributed by atoms with Gasteiger partial charge in [-0.3, -0.25) is 9.89 Å². The number of ether oxygens (including phenoxy) is 1. The fraction of sp³-hybridized carbons (Fsp3) is 0.529. The van der Waals surface area contributed by atoms with Crippen LogP contribution in [0.1, 0.15) is 36.2 Å². The molecule has 8 nitrogen and oxygen atoms in total. The third-order valence-corrected chi connectivity index (χ3v) is 5.08. The minimum absolute atomic E-state index is 0.00974. The van der Waals surface area contributed by atoms with E-state index in [1.165, 1.54) is 0 Å². The molecule has 4 rings (SSSR count). The fourth-order valence-electron chi connectivity index (χ4n) is 3.72. The molecule has 1 amide bonds. The highest BCUT2D eigenvalue weighted by Crippen LogP contribution is 2.36. The second-order valence-corrected chi connectivity index (χ2v) is 6.70. The van der Waals surface area contributed by atoms with Crippen LogP contribution in [-0.4, -0.2) is 62.3 Å². The lowest BCUT2D eigenvalue weighted by molar-refractivity contribution is -0.110. The number of aromatic amines is 1. The number of rotatable bonds is 3. The van der Waals surface area contributed by atoms with Crippen molar-refractivity contribution < 1.29 is 9.53 Å². The molecule has 132 valence electrons. The average molecular weight is 342 g/mol. The van der Waals surface area contributed by atoms with Gasteiger partial charge in [-0.05, 0) is 37.8 Å². The van der Waals surface area contributed by atoms with Crippen LogP contribution in [0.25, 0.3) is 0 Å². The highest BCUT2D eigenvalue weighted by atomic mass is 16.5. The Hall–Kier alpha value is -2.48. The molecule has 0 aliphatic carbocycles. The number of nitrogens with zero attached hydrogens (tertiary/aromatic N) is 4. The van der Waals surface area contributed by atoms with Crippen molar-refractivity contribution in [2.24, 2.45) is 0 Å². The smallest absolute Gasteiger partial charge is 0.271 e. The first kappa shape index (κ1) is 16.0. The number of hydrogen-bond donors (Lipinski definition) is 2. The van der Waals surface area contributed by atoms with E-state index in [0.717, 1.165) is 32.3 Å². The zero-order chi connectivity index (χ0) is 17.1. The maximum atomic E-state index is 12.4. The van der Waals surface area contributed by atoms with Crippen molar-refractivity contribution >= 4 is 11.9 Å². The Kier molecular flexibility index (Phi) is 4.35. The molecule has 1 unspecified atom stereocenters. The van der Waals surface area contributed by atoms with Crippen LogP contribution in [0.5, 0.6) is 0 Å². The SMILES string of the molecule is O=C(c1ccn[nH]1)N1CCC2(CC1)CC(Nc1ncccn1)CCO2. The number of amides is 1. The van der Waals surface area contributed by atoms with Crippen molar-refractivity contribution in [3.63, 3.8) is 0 Å². The number of aromatic nitrogens is 4. The summed E-state index contributed by atoms with van der Waals surface area (Å²) in [5, 5.41) is 10.0. The van der Waals surface area contributed by atoms with Crippen molar-refractivity contribution in [1.29, 1.82) is 0 Å². The molecule has 2 fully saturated rings. The fourth-order valence-corrected chi connectivity index (χ4v) is 3.72. The van der Waals surface area contributed by atoms with Crippen molar-refractivity contribution in [3.05, 3.63) is 36.4 Å². The molecule has 2 N–H and O–H groups in total. The van der Waals surface area contributed by atoms with Crippen LogP contribution in [-0.2, 0) is 4.74 Å². The highest BCUT2D eigenvalue weighted by Gasteiger charge is 2.41. The van der Waals surface area contributed by atoms with E-state index in [0.29, 0.717) is 30.8 Å². The molecule has 1 spiro atoms. The van der Waals surface area contributed by atoms with Gasteiger partial charge in [0.1, 0.15) is 5.69 Å². The molecule has 2 saturated heterocycles. The van der Waals surface area contributed by atoms with Gasteiger partial charge in [-0.1, -0.05) is 0 Å². The molecule has 8 heteroatoms. The number of likely N-dealkylation sites (tertiary alicyclic amines) is 1. The summed E-state index contributed by atoms with van der Waals surface area (Å²) in [5.41, 5.74) is 0.386. The molecule has 25 heavy (non-hydrogen) atoms. The quantitative estimate of drug-likeness (QED) is 0.877. The lowest BCUT2D eigenvalue weighted by Crippen LogP contribution is -2.52. The summed E-state index contributed by atoms with van der Waals surface area (Å²) in [7, 11) is 0. The molecule has 2 aromatic heterocycles. The summed E-state index contributed by atoms with van der Waals surface area (Å²) in [5.74, 6) is 0.673. The molecule has 0 radical (unpaired) electrons. The monoisotopic (exact) mass is 342 g/mol. The molecular formula is C17H22N6O2. The number of anilines is 1. The summed E-state index contributed by atoms with van der Waals surface area (Å²) in [4.78, 5) is 22.8. The molecule has 2 aliphatic rings. The Morgan fingerprint density at radius 1 is 1.28 bits per heavy atom. The van der Waals surface area contributed by atoms with Crippen LogP contribution in [0.15, 0.2) is 30.7 Å². The summed E-state index contributed by atoms with van der Waals surface area (Å²) < 4.78 is 6.15. The average Bonchev–Trinajstić information content (AvgIpc) is 3.18. The van der Waals surface area contributed by atoms with Gasteiger partial charge >= 0.3 is 0 Å². The molecule has 4 heterocycles. The number of carbonyl (C=O) groups excluding carboxylic acids is 1. The van der Waals surface area contributed by atoms with Gasteiger partial charge in [0, 0.05) is 44.3 Å². The van der Waals surface area contributed by atoms with E-state index >= 15 is 0 Å². The predicted molar refractivity (Wildman–Crippen MR) is 91.1 cm³/mol. The predicted octanol–water partition coefficient (Wildman–Crippen LogP) is 1.47. The largest absolute Gasteiger partial charge is 0.375 e. The molecule has 0 bridgehead atoms. The topological polar surface area (TPSA) is 96.0 Å². The van der Waals surface area contributed by atoms with Gasteiger partial charge in [0.15, 0.2) is 0 Å². The van der Waals surface area contributed by atoms with Gasteiger partial charge in [0.05, 0.1) is 5.60 Å². The highest BCUT2D eigenvalue weighted by molar-refractivity contribution is 5.92. The number of nitrogens with one attached hydrogen (secondary N) is 2. The number of carbonyl (C=O) groups is 1. The van der Waals surface area contributed by atoms with Crippen LogP contribution in [0.4, 0.5) is 5.95 Å². The Balaban J connectivity index is 1.36. The van der Waals surface area contributed by atoms with Crippen LogP contribution in [0.2, 0.25) is 0 Å². The normalized spacial score (nSPS) is 22.7. The lowest BCUT2D eigenvalue weighted by atomic mass is 9.82. The number of hydrogen-bond acceptors (Lipinski definition) is 6. The summed E-state index contributed by atoms with van der Waals surface area (Å²) in [6.45, 7) is 2.12. The zero-order valence-electron chi connectivity index (χ0n) is 14.0. The first-order valence-electron chi connectivity index (χ1n) is 8.70. The van der Waals surface area contributed by atoms with Crippen molar-refractivity contribution in [2.75, 3.05) is 25.0 Å². The van der Waals surface area contributed by atoms with Crippen molar-refractivity contribution in [1.82, 2.24) is 25.1 Å². The first-order chi connectivity index (χ1) is 12.2. The third kappa shape index (κ3) is 3.48. The van der Waals surface area contributed by atoms with Crippen LogP contribution in [0.3, 0.4) is 0 Å². The van der Waals surface area contributed by atoms with Crippen molar-refractivity contribution in [2.45, 2.75) is 37.3 Å². The Labute approximate surface area is 146 Å². The van der Waals surface area contributed by atoms with Gasteiger partial charge < -0.3 is 15.0 Å². The van der Waals surface area contributed by atoms with Crippen LogP contribution in [0, 0.1) is 0 Å². The van der Waals surface area contributed by atoms with Crippen molar-refractivity contribution in [3.8, 4) is 0 Å². The minimum Gasteiger partial charge on any atom is -0.375 e. The van der Waals surface area contributed by atoms with E-state index in [1.807, 2.05) is 11.0 Å². The zero-order valence-corrected chi connectivity index (χ0v) is 14.0. The number of piperidine rings is 1. The summed E-state index contributed by atoms with van der Waals surface area (Å²) in [6, 6.07) is 3.82. The molecule has 2 aliphatic heterocycles. The van der Waals surface area contributed by atoms with E-state index in [4.69, 9.17) is 4.74 Å². The van der Waals surface area contributed by atoms with Gasteiger partial charge in [-0.25, -0.2) is 9.97 Å². The van der Waals surface area contributed by atoms with E-state index in [9.17, 15) is 4.79 Å². The van der Waals surface area contributed by atoms with Crippen LogP contribution < -0.4 is 5.32 Å². The molecular weight excluding hydrogens is 320 g/mol. The standard InChI is InChI=1S/C17H22N6O2/c24-15(14-2-8-20-22-14)23-9-4-17(5-10-23)12-13(3-11-25-17)21-16-18-6-1-7-19-16/h1-2,6-8,13H,3-5,9-12H2,(H,20,22)(H,18,19,21).